The molecule has 66 valence electrons. The summed E-state index contributed by atoms with van der Waals surface area (Å²) in [5.74, 6) is 0. The minimum Gasteiger partial charge on any atom is -0.276 e. The molecule has 0 saturated carbocycles. The molecule has 0 aliphatic heterocycles. The van der Waals surface area contributed by atoms with Gasteiger partial charge in [-0.15, -0.1) is 0 Å². The molecule has 0 bridgehead atoms. The molecule has 6 heteroatoms. The Hall–Kier alpha value is -1.13. The molecule has 0 atom stereocenters. The molecular formula is C7H3Cl2N3O. The quantitative estimate of drug-likeness (QED) is 0.741. The number of hydrogen-bond acceptors (Lipinski definition) is 3. The van der Waals surface area contributed by atoms with Gasteiger partial charge in [-0.1, -0.05) is 11.6 Å². The Balaban J connectivity index is 2.77. The van der Waals surface area contributed by atoms with Gasteiger partial charge in [-0.3, -0.25) is 4.79 Å². The normalized spacial score (nSPS) is 10.6. The number of carbonyl (C=O) groups is 1. The number of halogens is 2. The summed E-state index contributed by atoms with van der Waals surface area (Å²) in [6.07, 6.45) is 0. The molecule has 0 aliphatic rings. The van der Waals surface area contributed by atoms with Crippen LogP contribution < -0.4 is 0 Å². The van der Waals surface area contributed by atoms with Crippen molar-refractivity contribution in [1.82, 2.24) is 15.4 Å². The summed E-state index contributed by atoms with van der Waals surface area (Å²) in [4.78, 5) is 10.8. The molecule has 2 aromatic rings. The second-order valence-electron chi connectivity index (χ2n) is 2.42. The van der Waals surface area contributed by atoms with Crippen LogP contribution in [0.1, 0.15) is 10.4 Å². The molecule has 1 N–H and O–H groups in total. The van der Waals surface area contributed by atoms with E-state index in [4.69, 9.17) is 23.2 Å². The van der Waals surface area contributed by atoms with E-state index in [1.807, 2.05) is 0 Å². The van der Waals surface area contributed by atoms with Crippen molar-refractivity contribution in [3.8, 4) is 0 Å². The van der Waals surface area contributed by atoms with Crippen molar-refractivity contribution in [1.29, 1.82) is 0 Å². The minimum absolute atomic E-state index is 0.313. The third-order valence-electron chi connectivity index (χ3n) is 1.60. The fraction of sp³-hybridized carbons (Fsp3) is 0. The highest BCUT2D eigenvalue weighted by Gasteiger charge is 2.09. The number of nitrogens with one attached hydrogen (secondary N) is 1. The molecule has 13 heavy (non-hydrogen) atoms. The monoisotopic (exact) mass is 215 g/mol. The Bertz CT molecular complexity index is 480. The number of benzene rings is 1. The molecular weight excluding hydrogens is 213 g/mol. The average Bonchev–Trinajstić information content (AvgIpc) is 2.51. The summed E-state index contributed by atoms with van der Waals surface area (Å²) in [7, 11) is 0. The third kappa shape index (κ3) is 1.38. The van der Waals surface area contributed by atoms with E-state index >= 15 is 0 Å². The van der Waals surface area contributed by atoms with Gasteiger partial charge >= 0.3 is 0 Å². The van der Waals surface area contributed by atoms with E-state index in [2.05, 4.69) is 15.4 Å². The van der Waals surface area contributed by atoms with Crippen molar-refractivity contribution in [3.05, 3.63) is 22.7 Å². The largest absolute Gasteiger partial charge is 0.276 e. The van der Waals surface area contributed by atoms with Gasteiger partial charge in [0.15, 0.2) is 0 Å². The number of carbonyl (C=O) groups excluding carboxylic acids is 1. The van der Waals surface area contributed by atoms with E-state index < -0.39 is 5.24 Å². The zero-order chi connectivity index (χ0) is 9.42. The first kappa shape index (κ1) is 8.47. The van der Waals surface area contributed by atoms with Crippen molar-refractivity contribution in [2.75, 3.05) is 0 Å². The molecule has 1 aromatic carbocycles. The van der Waals surface area contributed by atoms with Crippen LogP contribution in [0.25, 0.3) is 11.0 Å². The van der Waals surface area contributed by atoms with Gasteiger partial charge in [0.2, 0.25) is 0 Å². The molecule has 0 spiro atoms. The molecule has 2 rings (SSSR count). The molecule has 0 unspecified atom stereocenters. The van der Waals surface area contributed by atoms with Gasteiger partial charge in [-0.2, -0.15) is 15.4 Å². The highest BCUT2D eigenvalue weighted by atomic mass is 35.5. The highest BCUT2D eigenvalue weighted by Crippen LogP contribution is 2.22. The topological polar surface area (TPSA) is 58.6 Å². The van der Waals surface area contributed by atoms with Crippen LogP contribution in [0.4, 0.5) is 0 Å². The Morgan fingerprint density at radius 2 is 2.15 bits per heavy atom. The summed E-state index contributed by atoms with van der Waals surface area (Å²) >= 11 is 11.1. The summed E-state index contributed by atoms with van der Waals surface area (Å²) in [6.45, 7) is 0. The summed E-state index contributed by atoms with van der Waals surface area (Å²) in [5, 5.41) is 9.79. The van der Waals surface area contributed by atoms with Gasteiger partial charge in [0, 0.05) is 5.56 Å². The number of H-pyrrole nitrogens is 1. The minimum atomic E-state index is -0.563. The van der Waals surface area contributed by atoms with E-state index in [0.717, 1.165) is 0 Å². The van der Waals surface area contributed by atoms with Crippen LogP contribution in [-0.4, -0.2) is 20.7 Å². The van der Waals surface area contributed by atoms with Gasteiger partial charge in [-0.25, -0.2) is 0 Å². The van der Waals surface area contributed by atoms with Crippen molar-refractivity contribution < 1.29 is 4.79 Å². The Morgan fingerprint density at radius 3 is 2.85 bits per heavy atom. The van der Waals surface area contributed by atoms with Crippen LogP contribution >= 0.6 is 23.2 Å². The molecule has 4 nitrogen and oxygen atoms in total. The first-order chi connectivity index (χ1) is 6.18. The zero-order valence-electron chi connectivity index (χ0n) is 6.21. The first-order valence-corrected chi connectivity index (χ1v) is 4.14. The predicted molar refractivity (Wildman–Crippen MR) is 49.1 cm³/mol. The number of hydrogen-bond donors (Lipinski definition) is 1. The Kier molecular flexibility index (Phi) is 1.94. The fourth-order valence-corrected chi connectivity index (χ4v) is 1.39. The molecule has 0 saturated heterocycles. The average molecular weight is 216 g/mol. The first-order valence-electron chi connectivity index (χ1n) is 3.38. The third-order valence-corrected chi connectivity index (χ3v) is 2.11. The second kappa shape index (κ2) is 2.97. The molecule has 0 aliphatic carbocycles. The fourth-order valence-electron chi connectivity index (χ4n) is 1.02. The maximum absolute atomic E-state index is 10.8. The van der Waals surface area contributed by atoms with E-state index in [9.17, 15) is 4.79 Å². The van der Waals surface area contributed by atoms with Crippen molar-refractivity contribution in [3.63, 3.8) is 0 Å². The summed E-state index contributed by atoms with van der Waals surface area (Å²) in [5.41, 5.74) is 1.37. The van der Waals surface area contributed by atoms with Crippen LogP contribution in [-0.2, 0) is 0 Å². The van der Waals surface area contributed by atoms with Gasteiger partial charge in [0.25, 0.3) is 5.24 Å². The number of nitrogens with zero attached hydrogens (tertiary/aromatic N) is 2. The lowest BCUT2D eigenvalue weighted by molar-refractivity contribution is 0.108. The second-order valence-corrected chi connectivity index (χ2v) is 3.17. The smallest absolute Gasteiger partial charge is 0.252 e. The van der Waals surface area contributed by atoms with Crippen LogP contribution in [0, 0.1) is 0 Å². The van der Waals surface area contributed by atoms with Crippen LogP contribution in [0.3, 0.4) is 0 Å². The van der Waals surface area contributed by atoms with Gasteiger partial charge in [0.05, 0.1) is 5.02 Å². The highest BCUT2D eigenvalue weighted by molar-refractivity contribution is 6.68. The number of fused-ring (bicyclic) bond motifs is 1. The van der Waals surface area contributed by atoms with Crippen LogP contribution in [0.15, 0.2) is 12.1 Å². The Morgan fingerprint density at radius 1 is 1.38 bits per heavy atom. The molecule has 1 aromatic heterocycles. The van der Waals surface area contributed by atoms with E-state index in [0.29, 0.717) is 21.6 Å². The summed E-state index contributed by atoms with van der Waals surface area (Å²) < 4.78 is 0. The SMILES string of the molecule is O=C(Cl)c1cc(Cl)c2n[nH]nc2c1. The maximum Gasteiger partial charge on any atom is 0.252 e. The lowest BCUT2D eigenvalue weighted by Crippen LogP contribution is -1.88. The van der Waals surface area contributed by atoms with Gasteiger partial charge in [0.1, 0.15) is 11.0 Å². The van der Waals surface area contributed by atoms with Gasteiger partial charge in [-0.05, 0) is 23.7 Å². The molecule has 0 fully saturated rings. The molecule has 0 radical (unpaired) electrons. The van der Waals surface area contributed by atoms with Crippen molar-refractivity contribution in [2.24, 2.45) is 0 Å². The molecule has 1 heterocycles. The van der Waals surface area contributed by atoms with Gasteiger partial charge < -0.3 is 0 Å². The lowest BCUT2D eigenvalue weighted by atomic mass is 10.2. The standard InChI is InChI=1S/C7H3Cl2N3O/c8-4-1-3(7(9)13)2-5-6(4)11-12-10-5/h1-2H,(H,10,11,12). The molecule has 0 amide bonds. The van der Waals surface area contributed by atoms with E-state index in [1.54, 1.807) is 0 Å². The zero-order valence-corrected chi connectivity index (χ0v) is 7.73. The van der Waals surface area contributed by atoms with Crippen molar-refractivity contribution in [2.45, 2.75) is 0 Å². The number of rotatable bonds is 1. The lowest BCUT2D eigenvalue weighted by Gasteiger charge is -1.94. The van der Waals surface area contributed by atoms with Crippen molar-refractivity contribution >= 4 is 39.5 Å². The summed E-state index contributed by atoms with van der Waals surface area (Å²) in [6, 6.07) is 2.99. The number of aromatic nitrogens is 3. The predicted octanol–water partition coefficient (Wildman–Crippen LogP) is 1.99. The Labute approximate surface area is 82.8 Å². The maximum atomic E-state index is 10.8. The van der Waals surface area contributed by atoms with Crippen LogP contribution in [0.5, 0.6) is 0 Å². The van der Waals surface area contributed by atoms with Crippen LogP contribution in [0.2, 0.25) is 5.02 Å². The van der Waals surface area contributed by atoms with E-state index in [-0.39, 0.29) is 0 Å². The number of aromatic amines is 1. The van der Waals surface area contributed by atoms with E-state index in [1.165, 1.54) is 12.1 Å².